The molecule has 0 aliphatic rings. The van der Waals surface area contributed by atoms with E-state index in [0.29, 0.717) is 0 Å². The standard InChI is InChI=1S/C66H48N2/c1-45-21-18-35-55(48-25-10-4-11-26-48)65(45)67(53-32-16-7-17-33-53)61-42-38-51-37-39-59-62(44-60(50-29-14-6-15-30-50)57-40-41-58(61)63(51)64(57)59)68(54-34-20-31-52(43-54)47-23-8-3-9-24-47)66-46(2)22-19-36-56(66)49-27-12-5-13-28-49/h3-44H,1-2H3. The Labute approximate surface area is 398 Å². The molecule has 0 N–H and O–H groups in total. The van der Waals surface area contributed by atoms with Crippen LogP contribution >= 0.6 is 0 Å². The van der Waals surface area contributed by atoms with E-state index in [0.717, 1.165) is 28.4 Å². The van der Waals surface area contributed by atoms with Crippen LogP contribution in [0.5, 0.6) is 0 Å². The fourth-order valence-corrected chi connectivity index (χ4v) is 10.5. The van der Waals surface area contributed by atoms with Gasteiger partial charge in [0.2, 0.25) is 0 Å². The first kappa shape index (κ1) is 40.8. The predicted octanol–water partition coefficient (Wildman–Crippen LogP) is 18.8. The van der Waals surface area contributed by atoms with Crippen molar-refractivity contribution in [3.05, 3.63) is 266 Å². The number of benzene rings is 12. The van der Waals surface area contributed by atoms with Crippen LogP contribution < -0.4 is 9.80 Å². The molecule has 68 heavy (non-hydrogen) atoms. The molecular weight excluding hydrogens is 821 g/mol. The molecule has 0 heterocycles. The lowest BCUT2D eigenvalue weighted by atomic mass is 9.87. The lowest BCUT2D eigenvalue weighted by Gasteiger charge is -2.33. The maximum absolute atomic E-state index is 2.54. The molecular formula is C66H48N2. The maximum Gasteiger partial charge on any atom is 0.0569 e. The summed E-state index contributed by atoms with van der Waals surface area (Å²) in [5.74, 6) is 0. The third-order valence-corrected chi connectivity index (χ3v) is 13.6. The molecule has 0 radical (unpaired) electrons. The first-order chi connectivity index (χ1) is 33.6. The predicted molar refractivity (Wildman–Crippen MR) is 291 cm³/mol. The number of hydrogen-bond donors (Lipinski definition) is 0. The zero-order chi connectivity index (χ0) is 45.6. The molecule has 0 aliphatic carbocycles. The van der Waals surface area contributed by atoms with Crippen LogP contribution in [-0.2, 0) is 0 Å². The van der Waals surface area contributed by atoms with Crippen molar-refractivity contribution in [2.24, 2.45) is 0 Å². The Morgan fingerprint density at radius 1 is 0.265 bits per heavy atom. The molecule has 0 fully saturated rings. The molecule has 0 bridgehead atoms. The summed E-state index contributed by atoms with van der Waals surface area (Å²) in [6.07, 6.45) is 0. The van der Waals surface area contributed by atoms with Gasteiger partial charge in [0, 0.05) is 38.7 Å². The molecule has 12 rings (SSSR count). The van der Waals surface area contributed by atoms with Gasteiger partial charge < -0.3 is 9.80 Å². The number of rotatable bonds is 10. The quantitative estimate of drug-likeness (QED) is 0.126. The van der Waals surface area contributed by atoms with Gasteiger partial charge in [-0.3, -0.25) is 0 Å². The van der Waals surface area contributed by atoms with E-state index in [1.165, 1.54) is 93.6 Å². The van der Waals surface area contributed by atoms with E-state index in [4.69, 9.17) is 0 Å². The largest absolute Gasteiger partial charge is 0.309 e. The van der Waals surface area contributed by atoms with Crippen LogP contribution in [0.1, 0.15) is 11.1 Å². The molecule has 12 aromatic rings. The molecule has 0 atom stereocenters. The van der Waals surface area contributed by atoms with Gasteiger partial charge in [-0.05, 0) is 111 Å². The highest BCUT2D eigenvalue weighted by Gasteiger charge is 2.27. The summed E-state index contributed by atoms with van der Waals surface area (Å²) < 4.78 is 0. The molecule has 0 saturated carbocycles. The Hall–Kier alpha value is -8.72. The minimum atomic E-state index is 1.09. The average Bonchev–Trinajstić information content (AvgIpc) is 3.41. The van der Waals surface area contributed by atoms with Crippen LogP contribution in [0.4, 0.5) is 34.1 Å². The number of nitrogens with zero attached hydrogens (tertiary/aromatic N) is 2. The molecule has 0 aromatic heterocycles. The summed E-state index contributed by atoms with van der Waals surface area (Å²) in [5.41, 5.74) is 18.6. The van der Waals surface area contributed by atoms with Gasteiger partial charge in [-0.2, -0.15) is 0 Å². The van der Waals surface area contributed by atoms with Crippen molar-refractivity contribution < 1.29 is 0 Å². The summed E-state index contributed by atoms with van der Waals surface area (Å²) in [5, 5.41) is 7.31. The Balaban J connectivity index is 1.20. The molecule has 12 aromatic carbocycles. The van der Waals surface area contributed by atoms with Crippen LogP contribution in [0.25, 0.3) is 76.8 Å². The Morgan fingerprint density at radius 2 is 0.691 bits per heavy atom. The average molecular weight is 869 g/mol. The molecule has 322 valence electrons. The normalized spacial score (nSPS) is 11.4. The van der Waals surface area contributed by atoms with E-state index >= 15 is 0 Å². The van der Waals surface area contributed by atoms with Gasteiger partial charge in [0.05, 0.1) is 22.7 Å². The number of aryl methyl sites for hydroxylation is 2. The van der Waals surface area contributed by atoms with Crippen LogP contribution in [0.2, 0.25) is 0 Å². The van der Waals surface area contributed by atoms with E-state index < -0.39 is 0 Å². The summed E-state index contributed by atoms with van der Waals surface area (Å²) in [6.45, 7) is 4.49. The fraction of sp³-hybridized carbons (Fsp3) is 0.0303. The van der Waals surface area contributed by atoms with E-state index in [-0.39, 0.29) is 0 Å². The van der Waals surface area contributed by atoms with Gasteiger partial charge in [0.1, 0.15) is 0 Å². The third-order valence-electron chi connectivity index (χ3n) is 13.6. The zero-order valence-corrected chi connectivity index (χ0v) is 38.1. The summed E-state index contributed by atoms with van der Waals surface area (Å²) in [4.78, 5) is 5.03. The van der Waals surface area contributed by atoms with Crippen molar-refractivity contribution in [2.45, 2.75) is 13.8 Å². The molecule has 0 unspecified atom stereocenters. The van der Waals surface area contributed by atoms with E-state index in [9.17, 15) is 0 Å². The first-order valence-corrected chi connectivity index (χ1v) is 23.5. The van der Waals surface area contributed by atoms with Crippen molar-refractivity contribution >= 4 is 66.4 Å². The molecule has 2 nitrogen and oxygen atoms in total. The molecule has 0 spiro atoms. The number of para-hydroxylation sites is 3. The Morgan fingerprint density at radius 3 is 1.28 bits per heavy atom. The summed E-state index contributed by atoms with van der Waals surface area (Å²) in [6, 6.07) is 93.2. The lowest BCUT2D eigenvalue weighted by molar-refractivity contribution is 1.26. The molecule has 2 heteroatoms. The van der Waals surface area contributed by atoms with Crippen molar-refractivity contribution in [3.8, 4) is 44.5 Å². The Bertz CT molecular complexity index is 3730. The molecule has 0 saturated heterocycles. The van der Waals surface area contributed by atoms with Crippen LogP contribution in [0.15, 0.2) is 255 Å². The molecule has 0 amide bonds. The smallest absolute Gasteiger partial charge is 0.0569 e. The van der Waals surface area contributed by atoms with Gasteiger partial charge in [0.25, 0.3) is 0 Å². The highest BCUT2D eigenvalue weighted by atomic mass is 15.2. The second-order valence-corrected chi connectivity index (χ2v) is 17.7. The van der Waals surface area contributed by atoms with Crippen molar-refractivity contribution in [1.82, 2.24) is 0 Å². The second-order valence-electron chi connectivity index (χ2n) is 17.7. The number of hydrogen-bond acceptors (Lipinski definition) is 2. The topological polar surface area (TPSA) is 6.48 Å². The van der Waals surface area contributed by atoms with E-state index in [1.807, 2.05) is 0 Å². The van der Waals surface area contributed by atoms with E-state index in [2.05, 4.69) is 278 Å². The number of anilines is 6. The van der Waals surface area contributed by atoms with Crippen molar-refractivity contribution in [3.63, 3.8) is 0 Å². The minimum Gasteiger partial charge on any atom is -0.309 e. The van der Waals surface area contributed by atoms with Crippen LogP contribution in [-0.4, -0.2) is 0 Å². The van der Waals surface area contributed by atoms with Crippen LogP contribution in [0, 0.1) is 13.8 Å². The summed E-state index contributed by atoms with van der Waals surface area (Å²) >= 11 is 0. The van der Waals surface area contributed by atoms with Gasteiger partial charge in [-0.1, -0.05) is 218 Å². The van der Waals surface area contributed by atoms with Gasteiger partial charge in [-0.15, -0.1) is 0 Å². The molecule has 0 aliphatic heterocycles. The third kappa shape index (κ3) is 7.06. The zero-order valence-electron chi connectivity index (χ0n) is 38.1. The van der Waals surface area contributed by atoms with Gasteiger partial charge in [-0.25, -0.2) is 0 Å². The highest BCUT2D eigenvalue weighted by Crippen LogP contribution is 2.53. The van der Waals surface area contributed by atoms with Crippen molar-refractivity contribution in [2.75, 3.05) is 9.80 Å². The van der Waals surface area contributed by atoms with Crippen molar-refractivity contribution in [1.29, 1.82) is 0 Å². The maximum atomic E-state index is 2.54. The van der Waals surface area contributed by atoms with Gasteiger partial charge in [0.15, 0.2) is 0 Å². The highest BCUT2D eigenvalue weighted by molar-refractivity contribution is 6.30. The minimum absolute atomic E-state index is 1.09. The van der Waals surface area contributed by atoms with Crippen LogP contribution in [0.3, 0.4) is 0 Å². The lowest BCUT2D eigenvalue weighted by Crippen LogP contribution is -2.14. The van der Waals surface area contributed by atoms with Gasteiger partial charge >= 0.3 is 0 Å². The Kier molecular flexibility index (Phi) is 10.3. The first-order valence-electron chi connectivity index (χ1n) is 23.5. The van der Waals surface area contributed by atoms with E-state index in [1.54, 1.807) is 0 Å². The second kappa shape index (κ2) is 17.3. The summed E-state index contributed by atoms with van der Waals surface area (Å²) in [7, 11) is 0. The SMILES string of the molecule is Cc1cccc(-c2ccccc2)c1N(c1ccccc1)c1ccc2ccc3c(N(c4cccc(-c5ccccc5)c4)c4c(C)cccc4-c4ccccc4)cc(-c4ccccc4)c4ccc1c2c43. The fourth-order valence-electron chi connectivity index (χ4n) is 10.5. The monoisotopic (exact) mass is 868 g/mol.